The molecule has 58 valence electrons. The molecule has 0 saturated carbocycles. The molecule has 1 aromatic rings. The molecule has 0 spiro atoms. The summed E-state index contributed by atoms with van der Waals surface area (Å²) in [6.45, 7) is 1.82. The molecule has 3 nitrogen and oxygen atoms in total. The lowest BCUT2D eigenvalue weighted by Gasteiger charge is -1.95. The second-order valence-electron chi connectivity index (χ2n) is 2.10. The van der Waals surface area contributed by atoms with Crippen LogP contribution in [-0.2, 0) is 0 Å². The first kappa shape index (κ1) is 8.01. The lowest BCUT2D eigenvalue weighted by molar-refractivity contribution is 0.321. The highest BCUT2D eigenvalue weighted by Crippen LogP contribution is 2.09. The zero-order valence-corrected chi connectivity index (χ0v) is 6.71. The van der Waals surface area contributed by atoms with Gasteiger partial charge in [0.2, 0.25) is 0 Å². The second kappa shape index (κ2) is 3.34. The molecule has 0 amide bonds. The van der Waals surface area contributed by atoms with Crippen LogP contribution in [0.4, 0.5) is 0 Å². The molecule has 1 rings (SSSR count). The maximum Gasteiger partial charge on any atom is 0.0918 e. The molecule has 0 bridgehead atoms. The number of nitrogens with zero attached hydrogens (tertiary/aromatic N) is 2. The zero-order valence-electron chi connectivity index (χ0n) is 5.95. The second-order valence-corrected chi connectivity index (χ2v) is 2.53. The molecule has 1 heterocycles. The van der Waals surface area contributed by atoms with E-state index in [1.165, 1.54) is 6.21 Å². The molecule has 0 aliphatic carbocycles. The normalized spacial score (nSPS) is 10.7. The van der Waals surface area contributed by atoms with Gasteiger partial charge < -0.3 is 5.21 Å². The van der Waals surface area contributed by atoms with Crippen molar-refractivity contribution in [2.75, 3.05) is 0 Å². The predicted molar refractivity (Wildman–Crippen MR) is 43.4 cm³/mol. The van der Waals surface area contributed by atoms with Crippen LogP contribution in [0.3, 0.4) is 0 Å². The van der Waals surface area contributed by atoms with E-state index >= 15 is 0 Å². The summed E-state index contributed by atoms with van der Waals surface area (Å²) in [6, 6.07) is 3.35. The van der Waals surface area contributed by atoms with E-state index in [2.05, 4.69) is 10.1 Å². The van der Waals surface area contributed by atoms with E-state index in [1.807, 2.05) is 6.92 Å². The molecule has 11 heavy (non-hydrogen) atoms. The maximum atomic E-state index is 8.19. The van der Waals surface area contributed by atoms with Gasteiger partial charge in [0.05, 0.1) is 11.9 Å². The molecule has 0 aliphatic heterocycles. The van der Waals surface area contributed by atoms with Crippen molar-refractivity contribution >= 4 is 17.8 Å². The summed E-state index contributed by atoms with van der Waals surface area (Å²) >= 11 is 5.70. The van der Waals surface area contributed by atoms with Gasteiger partial charge in [0.15, 0.2) is 0 Å². The van der Waals surface area contributed by atoms with Gasteiger partial charge in [0.25, 0.3) is 0 Å². The lowest BCUT2D eigenvalue weighted by atomic mass is 10.3. The number of rotatable bonds is 1. The van der Waals surface area contributed by atoms with E-state index in [0.29, 0.717) is 10.7 Å². The minimum absolute atomic E-state index is 0.553. The van der Waals surface area contributed by atoms with E-state index in [-0.39, 0.29) is 0 Å². The third-order valence-corrected chi connectivity index (χ3v) is 1.35. The van der Waals surface area contributed by atoms with Gasteiger partial charge in [-0.25, -0.2) is 0 Å². The molecule has 0 radical (unpaired) electrons. The van der Waals surface area contributed by atoms with Crippen molar-refractivity contribution in [3.05, 3.63) is 28.5 Å². The minimum atomic E-state index is 0.553. The molecule has 0 atom stereocenters. The van der Waals surface area contributed by atoms with E-state index in [0.717, 1.165) is 5.69 Å². The Labute approximate surface area is 69.3 Å². The highest BCUT2D eigenvalue weighted by Gasteiger charge is 1.94. The number of aromatic nitrogens is 1. The van der Waals surface area contributed by atoms with Crippen molar-refractivity contribution in [2.24, 2.45) is 5.16 Å². The van der Waals surface area contributed by atoms with Gasteiger partial charge >= 0.3 is 0 Å². The molecule has 0 saturated heterocycles. The zero-order chi connectivity index (χ0) is 8.27. The minimum Gasteiger partial charge on any atom is -0.411 e. The average Bonchev–Trinajstić information content (AvgIpc) is 1.85. The fourth-order valence-corrected chi connectivity index (χ4v) is 1.05. The molecule has 4 heteroatoms. The van der Waals surface area contributed by atoms with Crippen molar-refractivity contribution in [3.63, 3.8) is 0 Å². The Balaban J connectivity index is 3.08. The summed E-state index contributed by atoms with van der Waals surface area (Å²) < 4.78 is 0. The summed E-state index contributed by atoms with van der Waals surface area (Å²) in [5.74, 6) is 0. The standard InChI is InChI=1S/C7H7ClN2O/c1-5-2-6(8)3-7(10-5)4-9-11/h2-4,11H,1H3/b9-4+. The van der Waals surface area contributed by atoms with E-state index in [1.54, 1.807) is 12.1 Å². The summed E-state index contributed by atoms with van der Waals surface area (Å²) in [5, 5.41) is 11.6. The van der Waals surface area contributed by atoms with Gasteiger partial charge in [0, 0.05) is 10.7 Å². The van der Waals surface area contributed by atoms with E-state index in [9.17, 15) is 0 Å². The number of hydrogen-bond acceptors (Lipinski definition) is 3. The summed E-state index contributed by atoms with van der Waals surface area (Å²) in [6.07, 6.45) is 1.24. The predicted octanol–water partition coefficient (Wildman–Crippen LogP) is 1.85. The smallest absolute Gasteiger partial charge is 0.0918 e. The first-order valence-electron chi connectivity index (χ1n) is 3.04. The van der Waals surface area contributed by atoms with Gasteiger partial charge in [-0.05, 0) is 19.1 Å². The molecule has 1 aromatic heterocycles. The Bertz CT molecular complexity index is 266. The van der Waals surface area contributed by atoms with Gasteiger partial charge in [-0.3, -0.25) is 4.98 Å². The molecular formula is C7H7ClN2O. The first-order chi connectivity index (χ1) is 5.22. The molecular weight excluding hydrogens is 164 g/mol. The monoisotopic (exact) mass is 170 g/mol. The van der Waals surface area contributed by atoms with Crippen LogP contribution in [0, 0.1) is 6.92 Å². The van der Waals surface area contributed by atoms with Crippen molar-refractivity contribution in [2.45, 2.75) is 6.92 Å². The highest BCUT2D eigenvalue weighted by molar-refractivity contribution is 6.30. The summed E-state index contributed by atoms with van der Waals surface area (Å²) in [4.78, 5) is 4.03. The van der Waals surface area contributed by atoms with E-state index in [4.69, 9.17) is 16.8 Å². The fourth-order valence-electron chi connectivity index (χ4n) is 0.776. The average molecular weight is 171 g/mol. The Morgan fingerprint density at radius 1 is 1.64 bits per heavy atom. The summed E-state index contributed by atoms with van der Waals surface area (Å²) in [5.41, 5.74) is 1.35. The van der Waals surface area contributed by atoms with Crippen LogP contribution in [0.25, 0.3) is 0 Å². The highest BCUT2D eigenvalue weighted by atomic mass is 35.5. The Morgan fingerprint density at radius 3 is 2.91 bits per heavy atom. The van der Waals surface area contributed by atoms with Crippen LogP contribution in [0.15, 0.2) is 17.3 Å². The largest absolute Gasteiger partial charge is 0.411 e. The van der Waals surface area contributed by atoms with Crippen molar-refractivity contribution in [1.29, 1.82) is 0 Å². The first-order valence-corrected chi connectivity index (χ1v) is 3.42. The lowest BCUT2D eigenvalue weighted by Crippen LogP contribution is -1.89. The van der Waals surface area contributed by atoms with Crippen molar-refractivity contribution < 1.29 is 5.21 Å². The summed E-state index contributed by atoms with van der Waals surface area (Å²) in [7, 11) is 0. The third kappa shape index (κ3) is 2.20. The van der Waals surface area contributed by atoms with Crippen LogP contribution in [-0.4, -0.2) is 16.4 Å². The van der Waals surface area contributed by atoms with Crippen LogP contribution in [0.1, 0.15) is 11.4 Å². The van der Waals surface area contributed by atoms with Crippen LogP contribution >= 0.6 is 11.6 Å². The Kier molecular flexibility index (Phi) is 2.44. The number of halogens is 1. The molecule has 0 aliphatic rings. The van der Waals surface area contributed by atoms with Gasteiger partial charge in [-0.1, -0.05) is 16.8 Å². The molecule has 0 aromatic carbocycles. The quantitative estimate of drug-likeness (QED) is 0.397. The van der Waals surface area contributed by atoms with Crippen LogP contribution in [0.2, 0.25) is 5.02 Å². The maximum absolute atomic E-state index is 8.19. The van der Waals surface area contributed by atoms with Gasteiger partial charge in [0.1, 0.15) is 0 Å². The van der Waals surface area contributed by atoms with Gasteiger partial charge in [-0.2, -0.15) is 0 Å². The van der Waals surface area contributed by atoms with E-state index < -0.39 is 0 Å². The number of pyridine rings is 1. The topological polar surface area (TPSA) is 45.5 Å². The number of aryl methyl sites for hydroxylation is 1. The van der Waals surface area contributed by atoms with Crippen LogP contribution < -0.4 is 0 Å². The fraction of sp³-hybridized carbons (Fsp3) is 0.143. The Morgan fingerprint density at radius 2 is 2.36 bits per heavy atom. The number of oxime groups is 1. The van der Waals surface area contributed by atoms with Gasteiger partial charge in [-0.15, -0.1) is 0 Å². The SMILES string of the molecule is Cc1cc(Cl)cc(/C=N/O)n1. The van der Waals surface area contributed by atoms with Crippen LogP contribution in [0.5, 0.6) is 0 Å². The molecule has 0 fully saturated rings. The van der Waals surface area contributed by atoms with Crippen molar-refractivity contribution in [1.82, 2.24) is 4.98 Å². The molecule has 0 unspecified atom stereocenters. The van der Waals surface area contributed by atoms with Crippen molar-refractivity contribution in [3.8, 4) is 0 Å². The Hall–Kier alpha value is -1.09. The third-order valence-electron chi connectivity index (χ3n) is 1.13. The number of hydrogen-bond donors (Lipinski definition) is 1. The molecule has 1 N–H and O–H groups in total.